The molecule has 0 bridgehead atoms. The maximum Gasteiger partial charge on any atom is 0.266 e. The average molecular weight is 413 g/mol. The molecule has 3 rings (SSSR count). The van der Waals surface area contributed by atoms with Crippen molar-refractivity contribution in [3.05, 3.63) is 81.3 Å². The Kier molecular flexibility index (Phi) is 5.91. The van der Waals surface area contributed by atoms with Gasteiger partial charge in [-0.3, -0.25) is 14.6 Å². The summed E-state index contributed by atoms with van der Waals surface area (Å²) in [6.07, 6.45) is 3.56. The van der Waals surface area contributed by atoms with Crippen molar-refractivity contribution in [2.24, 2.45) is 0 Å². The van der Waals surface area contributed by atoms with Gasteiger partial charge in [0.05, 0.1) is 12.2 Å². The van der Waals surface area contributed by atoms with E-state index in [1.54, 1.807) is 18.5 Å². The van der Waals surface area contributed by atoms with Crippen LogP contribution in [-0.4, -0.2) is 20.7 Å². The van der Waals surface area contributed by atoms with Gasteiger partial charge in [-0.15, -0.1) is 0 Å². The van der Waals surface area contributed by atoms with Crippen LogP contribution in [0.3, 0.4) is 0 Å². The minimum atomic E-state index is -0.231. The summed E-state index contributed by atoms with van der Waals surface area (Å²) in [5.74, 6) is -0.142. The molecule has 0 spiro atoms. The Hall–Kier alpha value is -2.80. The lowest BCUT2D eigenvalue weighted by Gasteiger charge is -2.08. The van der Waals surface area contributed by atoms with Crippen LogP contribution in [0.4, 0.5) is 0 Å². The van der Waals surface area contributed by atoms with E-state index in [1.807, 2.05) is 36.4 Å². The largest absolute Gasteiger partial charge is 0.352 e. The molecule has 7 heteroatoms. The molecule has 0 saturated carbocycles. The molecular formula is C19H17BrN4O2. The van der Waals surface area contributed by atoms with Crippen LogP contribution in [0.15, 0.2) is 70.2 Å². The summed E-state index contributed by atoms with van der Waals surface area (Å²) in [5.41, 5.74) is 2.29. The van der Waals surface area contributed by atoms with Crippen molar-refractivity contribution in [3.63, 3.8) is 0 Å². The van der Waals surface area contributed by atoms with E-state index < -0.39 is 0 Å². The molecule has 1 amide bonds. The predicted molar refractivity (Wildman–Crippen MR) is 102 cm³/mol. The lowest BCUT2D eigenvalue weighted by molar-refractivity contribution is -0.121. The van der Waals surface area contributed by atoms with Gasteiger partial charge in [0.25, 0.3) is 5.56 Å². The van der Waals surface area contributed by atoms with E-state index in [-0.39, 0.29) is 24.4 Å². The molecule has 26 heavy (non-hydrogen) atoms. The Morgan fingerprint density at radius 1 is 1.12 bits per heavy atom. The molecule has 0 unspecified atom stereocenters. The third-order valence-corrected chi connectivity index (χ3v) is 4.30. The first-order chi connectivity index (χ1) is 12.6. The van der Waals surface area contributed by atoms with Gasteiger partial charge < -0.3 is 5.32 Å². The lowest BCUT2D eigenvalue weighted by atomic mass is 10.1. The Labute approximate surface area is 159 Å². The summed E-state index contributed by atoms with van der Waals surface area (Å²) in [5, 5.41) is 7.18. The highest BCUT2D eigenvalue weighted by Crippen LogP contribution is 2.18. The van der Waals surface area contributed by atoms with Crippen LogP contribution in [-0.2, 0) is 17.9 Å². The molecule has 2 heterocycles. The van der Waals surface area contributed by atoms with Crippen LogP contribution in [0.25, 0.3) is 11.3 Å². The fourth-order valence-electron chi connectivity index (χ4n) is 2.38. The molecule has 2 aromatic heterocycles. The lowest BCUT2D eigenvalue weighted by Crippen LogP contribution is -2.28. The van der Waals surface area contributed by atoms with Gasteiger partial charge in [0.15, 0.2) is 0 Å². The molecule has 0 atom stereocenters. The van der Waals surface area contributed by atoms with Crippen molar-refractivity contribution >= 4 is 21.8 Å². The van der Waals surface area contributed by atoms with Gasteiger partial charge in [0.2, 0.25) is 5.91 Å². The van der Waals surface area contributed by atoms with Gasteiger partial charge in [-0.1, -0.05) is 34.1 Å². The fraction of sp³-hybridized carbons (Fsp3) is 0.158. The van der Waals surface area contributed by atoms with Crippen LogP contribution < -0.4 is 10.9 Å². The predicted octanol–water partition coefficient (Wildman–Crippen LogP) is 2.77. The first-order valence-corrected chi connectivity index (χ1v) is 8.91. The molecule has 0 fully saturated rings. The zero-order valence-corrected chi connectivity index (χ0v) is 15.5. The first-order valence-electron chi connectivity index (χ1n) is 8.11. The Bertz CT molecular complexity index is 940. The zero-order chi connectivity index (χ0) is 18.4. The van der Waals surface area contributed by atoms with Crippen LogP contribution in [0.2, 0.25) is 0 Å². The molecule has 0 radical (unpaired) electrons. The van der Waals surface area contributed by atoms with Crippen LogP contribution in [0, 0.1) is 0 Å². The summed E-state index contributed by atoms with van der Waals surface area (Å²) in [6.45, 7) is 0.635. The average Bonchev–Trinajstić information content (AvgIpc) is 2.67. The minimum absolute atomic E-state index is 0.142. The topological polar surface area (TPSA) is 76.9 Å². The zero-order valence-electron chi connectivity index (χ0n) is 13.9. The SMILES string of the molecule is O=C(CCn1nc(-c2ccc(Br)cc2)ccc1=O)NCc1cccnc1. The van der Waals surface area contributed by atoms with Crippen LogP contribution in [0.1, 0.15) is 12.0 Å². The van der Waals surface area contributed by atoms with Crippen molar-refractivity contribution in [2.75, 3.05) is 0 Å². The normalized spacial score (nSPS) is 10.5. The number of hydrogen-bond donors (Lipinski definition) is 1. The summed E-state index contributed by atoms with van der Waals surface area (Å²) < 4.78 is 2.29. The van der Waals surface area contributed by atoms with Gasteiger partial charge in [-0.25, -0.2) is 4.68 Å². The highest BCUT2D eigenvalue weighted by atomic mass is 79.9. The Balaban J connectivity index is 1.62. The summed E-state index contributed by atoms with van der Waals surface area (Å²) in [7, 11) is 0. The molecule has 0 aliphatic heterocycles. The number of halogens is 1. The molecule has 0 aliphatic carbocycles. The van der Waals surface area contributed by atoms with Gasteiger partial charge in [0, 0.05) is 41.5 Å². The van der Waals surface area contributed by atoms with Crippen molar-refractivity contribution in [1.29, 1.82) is 0 Å². The number of hydrogen-bond acceptors (Lipinski definition) is 4. The van der Waals surface area contributed by atoms with E-state index >= 15 is 0 Å². The van der Waals surface area contributed by atoms with Crippen LogP contribution in [0.5, 0.6) is 0 Å². The van der Waals surface area contributed by atoms with E-state index in [2.05, 4.69) is 31.3 Å². The van der Waals surface area contributed by atoms with E-state index in [9.17, 15) is 9.59 Å². The fourth-order valence-corrected chi connectivity index (χ4v) is 2.65. The molecule has 1 aromatic carbocycles. The maximum absolute atomic E-state index is 12.0. The third kappa shape index (κ3) is 4.86. The molecule has 3 aromatic rings. The number of aromatic nitrogens is 3. The first kappa shape index (κ1) is 18.0. The minimum Gasteiger partial charge on any atom is -0.352 e. The number of aryl methyl sites for hydroxylation is 1. The summed E-state index contributed by atoms with van der Waals surface area (Å²) in [4.78, 5) is 28.0. The van der Waals surface area contributed by atoms with Crippen molar-refractivity contribution < 1.29 is 4.79 Å². The van der Waals surface area contributed by atoms with E-state index in [4.69, 9.17) is 0 Å². The van der Waals surface area contributed by atoms with Gasteiger partial charge >= 0.3 is 0 Å². The quantitative estimate of drug-likeness (QED) is 0.674. The number of carbonyl (C=O) groups is 1. The molecule has 0 aliphatic rings. The van der Waals surface area contributed by atoms with E-state index in [1.165, 1.54) is 10.7 Å². The number of pyridine rings is 1. The smallest absolute Gasteiger partial charge is 0.266 e. The molecule has 6 nitrogen and oxygen atoms in total. The second-order valence-electron chi connectivity index (χ2n) is 5.67. The number of benzene rings is 1. The van der Waals surface area contributed by atoms with Gasteiger partial charge in [-0.2, -0.15) is 5.10 Å². The van der Waals surface area contributed by atoms with Gasteiger partial charge in [-0.05, 0) is 29.8 Å². The molecular weight excluding hydrogens is 396 g/mol. The number of carbonyl (C=O) groups excluding carboxylic acids is 1. The highest BCUT2D eigenvalue weighted by Gasteiger charge is 2.07. The maximum atomic E-state index is 12.0. The van der Waals surface area contributed by atoms with Gasteiger partial charge in [0.1, 0.15) is 0 Å². The Morgan fingerprint density at radius 2 is 1.92 bits per heavy atom. The van der Waals surface area contributed by atoms with Crippen molar-refractivity contribution in [3.8, 4) is 11.3 Å². The molecule has 1 N–H and O–H groups in total. The molecule has 0 saturated heterocycles. The number of amides is 1. The highest BCUT2D eigenvalue weighted by molar-refractivity contribution is 9.10. The summed E-state index contributed by atoms with van der Waals surface area (Å²) in [6, 6.07) is 14.5. The second kappa shape index (κ2) is 8.53. The van der Waals surface area contributed by atoms with E-state index in [0.717, 1.165) is 15.6 Å². The second-order valence-corrected chi connectivity index (χ2v) is 6.59. The number of nitrogens with zero attached hydrogens (tertiary/aromatic N) is 3. The van der Waals surface area contributed by atoms with Crippen LogP contribution >= 0.6 is 15.9 Å². The van der Waals surface area contributed by atoms with Crippen molar-refractivity contribution in [1.82, 2.24) is 20.1 Å². The third-order valence-electron chi connectivity index (χ3n) is 3.77. The molecule has 132 valence electrons. The van der Waals surface area contributed by atoms with E-state index in [0.29, 0.717) is 12.2 Å². The monoisotopic (exact) mass is 412 g/mol. The van der Waals surface area contributed by atoms with Crippen molar-refractivity contribution in [2.45, 2.75) is 19.5 Å². The standard InChI is InChI=1S/C19H17BrN4O2/c20-16-5-3-15(4-6-16)17-7-8-19(26)24(23-17)11-9-18(25)22-13-14-2-1-10-21-12-14/h1-8,10,12H,9,11,13H2,(H,22,25). The summed E-state index contributed by atoms with van der Waals surface area (Å²) >= 11 is 3.39. The Morgan fingerprint density at radius 3 is 2.65 bits per heavy atom. The number of nitrogens with one attached hydrogen (secondary N) is 1. The number of rotatable bonds is 6.